The number of anilines is 2. The highest BCUT2D eigenvalue weighted by Gasteiger charge is 2.33. The van der Waals surface area contributed by atoms with Gasteiger partial charge in [-0.1, -0.05) is 12.1 Å². The molecule has 1 saturated carbocycles. The first kappa shape index (κ1) is 25.9. The molecule has 0 bridgehead atoms. The maximum atomic E-state index is 14.1. The molecule has 1 aromatic carbocycles. The monoisotopic (exact) mass is 541 g/mol. The summed E-state index contributed by atoms with van der Waals surface area (Å²) < 4.78 is 35.1. The molecule has 1 amide bonds. The van der Waals surface area contributed by atoms with E-state index in [0.29, 0.717) is 80.9 Å². The topological polar surface area (TPSA) is 109 Å². The first-order valence-corrected chi connectivity index (χ1v) is 13.7. The molecule has 4 heterocycles. The third-order valence-corrected chi connectivity index (χ3v) is 7.90. The van der Waals surface area contributed by atoms with Gasteiger partial charge in [0.1, 0.15) is 11.6 Å². The average molecular weight is 542 g/mol. The number of imidazole rings is 1. The molecule has 3 aliphatic rings. The predicted molar refractivity (Wildman–Crippen MR) is 141 cm³/mol. The van der Waals surface area contributed by atoms with Gasteiger partial charge in [-0.2, -0.15) is 9.97 Å². The van der Waals surface area contributed by atoms with Crippen LogP contribution in [0.5, 0.6) is 0 Å². The Bertz CT molecular complexity index is 1320. The van der Waals surface area contributed by atoms with Crippen molar-refractivity contribution < 1.29 is 23.4 Å². The maximum Gasteiger partial charge on any atom is 0.296 e. The fraction of sp³-hybridized carbons (Fsp3) is 0.556. The van der Waals surface area contributed by atoms with E-state index in [1.54, 1.807) is 30.3 Å². The van der Waals surface area contributed by atoms with Crippen molar-refractivity contribution in [2.75, 3.05) is 49.6 Å². The molecule has 10 nitrogen and oxygen atoms in total. The number of carbonyl (C=O) groups excluding carboxylic acids is 1. The third kappa shape index (κ3) is 5.40. The van der Waals surface area contributed by atoms with E-state index in [-0.39, 0.29) is 29.8 Å². The Morgan fingerprint density at radius 1 is 1.03 bits per heavy atom. The smallest absolute Gasteiger partial charge is 0.296 e. The zero-order valence-electron chi connectivity index (χ0n) is 21.7. The number of halogens is 2. The van der Waals surface area contributed by atoms with Crippen molar-refractivity contribution in [2.24, 2.45) is 5.92 Å². The molecule has 12 heteroatoms. The molecule has 3 fully saturated rings. The molecular formula is C27H33F2N7O3. The molecule has 6 rings (SSSR count). The van der Waals surface area contributed by atoms with Crippen LogP contribution < -0.4 is 10.2 Å². The largest absolute Gasteiger partial charge is 0.393 e. The van der Waals surface area contributed by atoms with Crippen molar-refractivity contribution >= 4 is 28.7 Å². The molecule has 1 atom stereocenters. The lowest BCUT2D eigenvalue weighted by Gasteiger charge is -2.29. The number of rotatable bonds is 6. The summed E-state index contributed by atoms with van der Waals surface area (Å²) in [6, 6.07) is 8.66. The fourth-order valence-electron chi connectivity index (χ4n) is 5.82. The number of likely N-dealkylation sites (tertiary alicyclic amines) is 1. The second-order valence-electron chi connectivity index (χ2n) is 10.5. The summed E-state index contributed by atoms with van der Waals surface area (Å²) in [5, 5.41) is 13.2. The molecule has 0 unspecified atom stereocenters. The normalized spacial score (nSPS) is 24.1. The van der Waals surface area contributed by atoms with Crippen LogP contribution in [0.4, 0.5) is 20.5 Å². The second-order valence-corrected chi connectivity index (χ2v) is 10.5. The molecule has 2 saturated heterocycles. The summed E-state index contributed by atoms with van der Waals surface area (Å²) in [6.07, 6.45) is 0.450. The second kappa shape index (κ2) is 11.0. The summed E-state index contributed by atoms with van der Waals surface area (Å²) in [7, 11) is 0. The first-order chi connectivity index (χ1) is 19.0. The van der Waals surface area contributed by atoms with Gasteiger partial charge in [0.2, 0.25) is 11.9 Å². The summed E-state index contributed by atoms with van der Waals surface area (Å²) >= 11 is 0. The minimum absolute atomic E-state index is 0.0301. The van der Waals surface area contributed by atoms with Crippen molar-refractivity contribution in [3.63, 3.8) is 0 Å². The Morgan fingerprint density at radius 3 is 2.56 bits per heavy atom. The van der Waals surface area contributed by atoms with E-state index in [9.17, 15) is 18.7 Å². The quantitative estimate of drug-likeness (QED) is 0.490. The zero-order valence-corrected chi connectivity index (χ0v) is 21.7. The number of aromatic nitrogens is 4. The molecule has 39 heavy (non-hydrogen) atoms. The van der Waals surface area contributed by atoms with Crippen LogP contribution in [0.25, 0.3) is 16.9 Å². The number of alkyl halides is 2. The molecule has 0 radical (unpaired) electrons. The SMILES string of the molecule is O=C(C1CCC(O)CC1)N1CC[C@H](Nc2cc(-n3c(C(F)F)nc4ccccc43)nc(N3CCOCC3)n2)C1. The Kier molecular flexibility index (Phi) is 7.30. The summed E-state index contributed by atoms with van der Waals surface area (Å²) in [5.74, 6) is 0.999. The summed E-state index contributed by atoms with van der Waals surface area (Å²) in [5.41, 5.74) is 1.01. The van der Waals surface area contributed by atoms with Crippen molar-refractivity contribution in [3.05, 3.63) is 36.2 Å². The van der Waals surface area contributed by atoms with Gasteiger partial charge < -0.3 is 25.0 Å². The van der Waals surface area contributed by atoms with Gasteiger partial charge in [0, 0.05) is 44.2 Å². The number of aliphatic hydroxyl groups is 1. The number of benzene rings is 1. The van der Waals surface area contributed by atoms with Crippen molar-refractivity contribution in [2.45, 2.75) is 50.7 Å². The lowest BCUT2D eigenvalue weighted by atomic mass is 9.86. The zero-order chi connectivity index (χ0) is 26.9. The summed E-state index contributed by atoms with van der Waals surface area (Å²) in [6.45, 7) is 3.44. The highest BCUT2D eigenvalue weighted by molar-refractivity contribution is 5.79. The lowest BCUT2D eigenvalue weighted by molar-refractivity contribution is -0.136. The number of nitrogens with one attached hydrogen (secondary N) is 1. The van der Waals surface area contributed by atoms with E-state index in [2.05, 4.69) is 10.3 Å². The van der Waals surface area contributed by atoms with Crippen LogP contribution in [-0.4, -0.2) is 87.0 Å². The molecule has 208 valence electrons. The van der Waals surface area contributed by atoms with Gasteiger partial charge in [-0.05, 0) is 44.2 Å². The first-order valence-electron chi connectivity index (χ1n) is 13.7. The number of ether oxygens (including phenoxy) is 1. The number of hydrogen-bond acceptors (Lipinski definition) is 8. The number of nitrogens with zero attached hydrogens (tertiary/aromatic N) is 6. The Morgan fingerprint density at radius 2 is 1.79 bits per heavy atom. The number of fused-ring (bicyclic) bond motifs is 1. The number of aliphatic hydroxyl groups excluding tert-OH is 1. The van der Waals surface area contributed by atoms with Crippen LogP contribution in [0, 0.1) is 5.92 Å². The Hall–Kier alpha value is -3.38. The standard InChI is InChI=1S/C27H33F2N7O3/c28-24(29)25-31-20-3-1-2-4-21(20)36(25)23-15-22(32-27(33-23)34-11-13-39-14-12-34)30-18-9-10-35(16-18)26(38)17-5-7-19(37)8-6-17/h1-4,15,17-19,24,37H,5-14,16H2,(H,30,32,33)/t17?,18-,19?/m0/s1. The van der Waals surface area contributed by atoms with Crippen LogP contribution in [-0.2, 0) is 9.53 Å². The van der Waals surface area contributed by atoms with Crippen molar-refractivity contribution in [1.29, 1.82) is 0 Å². The lowest BCUT2D eigenvalue weighted by Crippen LogP contribution is -2.38. The molecule has 3 aromatic rings. The van der Waals surface area contributed by atoms with Gasteiger partial charge in [-0.15, -0.1) is 0 Å². The van der Waals surface area contributed by atoms with E-state index in [4.69, 9.17) is 14.7 Å². The fourth-order valence-corrected chi connectivity index (χ4v) is 5.82. The van der Waals surface area contributed by atoms with Crippen LogP contribution in [0.3, 0.4) is 0 Å². The average Bonchev–Trinajstić information content (AvgIpc) is 3.58. The highest BCUT2D eigenvalue weighted by atomic mass is 19.3. The maximum absolute atomic E-state index is 14.1. The third-order valence-electron chi connectivity index (χ3n) is 7.90. The van der Waals surface area contributed by atoms with E-state index in [0.717, 1.165) is 19.3 Å². The van der Waals surface area contributed by atoms with E-state index in [1.165, 1.54) is 4.57 Å². The van der Waals surface area contributed by atoms with Crippen LogP contribution in [0.1, 0.15) is 44.4 Å². The van der Waals surface area contributed by atoms with E-state index in [1.807, 2.05) is 9.80 Å². The number of carbonyl (C=O) groups is 1. The molecular weight excluding hydrogens is 508 g/mol. The number of amides is 1. The van der Waals surface area contributed by atoms with Gasteiger partial charge in [-0.3, -0.25) is 9.36 Å². The van der Waals surface area contributed by atoms with Crippen LogP contribution >= 0.6 is 0 Å². The highest BCUT2D eigenvalue weighted by Crippen LogP contribution is 2.31. The predicted octanol–water partition coefficient (Wildman–Crippen LogP) is 3.15. The minimum atomic E-state index is -2.79. The Balaban J connectivity index is 1.28. The van der Waals surface area contributed by atoms with Gasteiger partial charge in [0.25, 0.3) is 6.43 Å². The molecule has 2 aromatic heterocycles. The Labute approximate surface area is 225 Å². The van der Waals surface area contributed by atoms with Crippen molar-refractivity contribution in [1.82, 2.24) is 24.4 Å². The summed E-state index contributed by atoms with van der Waals surface area (Å²) in [4.78, 5) is 30.6. The minimum Gasteiger partial charge on any atom is -0.393 e. The van der Waals surface area contributed by atoms with E-state index < -0.39 is 6.43 Å². The van der Waals surface area contributed by atoms with E-state index >= 15 is 0 Å². The molecule has 2 aliphatic heterocycles. The molecule has 0 spiro atoms. The molecule has 1 aliphatic carbocycles. The molecule has 2 N–H and O–H groups in total. The van der Waals surface area contributed by atoms with Gasteiger partial charge in [0.05, 0.1) is 30.4 Å². The number of para-hydroxylation sites is 2. The van der Waals surface area contributed by atoms with Gasteiger partial charge in [-0.25, -0.2) is 13.8 Å². The number of morpholine rings is 1. The van der Waals surface area contributed by atoms with Crippen LogP contribution in [0.2, 0.25) is 0 Å². The van der Waals surface area contributed by atoms with Gasteiger partial charge >= 0.3 is 0 Å². The van der Waals surface area contributed by atoms with Crippen molar-refractivity contribution in [3.8, 4) is 5.82 Å². The van der Waals surface area contributed by atoms with Gasteiger partial charge in [0.15, 0.2) is 5.82 Å². The number of hydrogen-bond donors (Lipinski definition) is 2. The van der Waals surface area contributed by atoms with Crippen LogP contribution in [0.15, 0.2) is 30.3 Å².